The van der Waals surface area contributed by atoms with Crippen LogP contribution in [0.1, 0.15) is 32.6 Å². The largest absolute Gasteiger partial charge is 0.396 e. The number of nitrogens with one attached hydrogen (secondary N) is 1. The lowest BCUT2D eigenvalue weighted by atomic mass is 9.79. The maximum Gasteiger partial charge on any atom is 0.0472 e. The van der Waals surface area contributed by atoms with Crippen LogP contribution >= 0.6 is 0 Å². The molecule has 0 radical (unpaired) electrons. The van der Waals surface area contributed by atoms with E-state index in [0.29, 0.717) is 17.9 Å². The highest BCUT2D eigenvalue weighted by atomic mass is 16.5. The van der Waals surface area contributed by atoms with Gasteiger partial charge in [0.15, 0.2) is 0 Å². The van der Waals surface area contributed by atoms with E-state index in [4.69, 9.17) is 4.74 Å². The Hall–Kier alpha value is -0.160. The molecule has 4 heteroatoms. The molecule has 2 N–H and O–H groups in total. The number of piperidine rings is 1. The highest BCUT2D eigenvalue weighted by Gasteiger charge is 2.34. The molecule has 0 aliphatic carbocycles. The summed E-state index contributed by atoms with van der Waals surface area (Å²) in [6.07, 6.45) is 4.68. The summed E-state index contributed by atoms with van der Waals surface area (Å²) in [5.41, 5.74) is 0.403. The van der Waals surface area contributed by atoms with E-state index in [-0.39, 0.29) is 0 Å². The monoisotopic (exact) mass is 270 g/mol. The Bertz CT molecular complexity index is 247. The molecule has 0 bridgehead atoms. The van der Waals surface area contributed by atoms with E-state index >= 15 is 0 Å². The van der Waals surface area contributed by atoms with Gasteiger partial charge in [-0.2, -0.15) is 0 Å². The Morgan fingerprint density at radius 3 is 2.53 bits per heavy atom. The molecule has 0 aromatic carbocycles. The Morgan fingerprint density at radius 1 is 1.26 bits per heavy atom. The molecule has 0 aromatic heterocycles. The molecule has 2 heterocycles. The summed E-state index contributed by atoms with van der Waals surface area (Å²) in [6, 6.07) is 0. The summed E-state index contributed by atoms with van der Waals surface area (Å²) < 4.78 is 5.55. The molecule has 2 aliphatic rings. The molecular weight excluding hydrogens is 240 g/mol. The van der Waals surface area contributed by atoms with Crippen molar-refractivity contribution >= 4 is 0 Å². The number of hydrogen-bond donors (Lipinski definition) is 2. The van der Waals surface area contributed by atoms with Crippen molar-refractivity contribution in [1.29, 1.82) is 0 Å². The second kappa shape index (κ2) is 7.58. The van der Waals surface area contributed by atoms with Gasteiger partial charge in [-0.3, -0.25) is 0 Å². The standard InChI is InChI=1S/C15H30N2O2/c1-2-16-12-15(5-9-19-10-6-15)13-17-7-3-14(11-18)4-8-17/h14,16,18H,2-13H2,1H3. The van der Waals surface area contributed by atoms with Crippen molar-refractivity contribution < 1.29 is 9.84 Å². The molecular formula is C15H30N2O2. The van der Waals surface area contributed by atoms with Gasteiger partial charge < -0.3 is 20.1 Å². The third kappa shape index (κ3) is 4.42. The molecule has 4 nitrogen and oxygen atoms in total. The number of aliphatic hydroxyl groups is 1. The summed E-state index contributed by atoms with van der Waals surface area (Å²) in [5, 5.41) is 12.8. The Kier molecular flexibility index (Phi) is 6.07. The molecule has 0 amide bonds. The Labute approximate surface area is 117 Å². The maximum absolute atomic E-state index is 9.22. The van der Waals surface area contributed by atoms with Gasteiger partial charge >= 0.3 is 0 Å². The van der Waals surface area contributed by atoms with Gasteiger partial charge in [-0.15, -0.1) is 0 Å². The minimum Gasteiger partial charge on any atom is -0.396 e. The number of nitrogens with zero attached hydrogens (tertiary/aromatic N) is 1. The van der Waals surface area contributed by atoms with Gasteiger partial charge in [0.25, 0.3) is 0 Å². The smallest absolute Gasteiger partial charge is 0.0472 e. The first-order chi connectivity index (χ1) is 9.28. The van der Waals surface area contributed by atoms with Crippen molar-refractivity contribution in [1.82, 2.24) is 10.2 Å². The number of likely N-dealkylation sites (tertiary alicyclic amines) is 1. The minimum absolute atomic E-state index is 0.365. The molecule has 19 heavy (non-hydrogen) atoms. The van der Waals surface area contributed by atoms with Crippen molar-refractivity contribution in [3.8, 4) is 0 Å². The number of aliphatic hydroxyl groups excluding tert-OH is 1. The zero-order chi connectivity index (χ0) is 13.6. The van der Waals surface area contributed by atoms with Crippen molar-refractivity contribution in [2.45, 2.75) is 32.6 Å². The van der Waals surface area contributed by atoms with Gasteiger partial charge in [0, 0.05) is 32.9 Å². The lowest BCUT2D eigenvalue weighted by Crippen LogP contribution is -2.49. The van der Waals surface area contributed by atoms with Crippen molar-refractivity contribution in [2.75, 3.05) is 52.5 Å². The molecule has 112 valence electrons. The van der Waals surface area contributed by atoms with Gasteiger partial charge in [0.2, 0.25) is 0 Å². The zero-order valence-corrected chi connectivity index (χ0v) is 12.4. The van der Waals surface area contributed by atoms with Gasteiger partial charge in [-0.25, -0.2) is 0 Å². The van der Waals surface area contributed by atoms with E-state index < -0.39 is 0 Å². The molecule has 0 unspecified atom stereocenters. The molecule has 2 fully saturated rings. The topological polar surface area (TPSA) is 44.7 Å². The van der Waals surface area contributed by atoms with Crippen LogP contribution in [0.25, 0.3) is 0 Å². The van der Waals surface area contributed by atoms with Crippen LogP contribution in [0.2, 0.25) is 0 Å². The van der Waals surface area contributed by atoms with Crippen LogP contribution in [0.15, 0.2) is 0 Å². The van der Waals surface area contributed by atoms with E-state index in [1.54, 1.807) is 0 Å². The summed E-state index contributed by atoms with van der Waals surface area (Å²) in [7, 11) is 0. The summed E-state index contributed by atoms with van der Waals surface area (Å²) >= 11 is 0. The predicted molar refractivity (Wildman–Crippen MR) is 77.3 cm³/mol. The van der Waals surface area contributed by atoms with Crippen LogP contribution < -0.4 is 5.32 Å². The molecule has 2 rings (SSSR count). The van der Waals surface area contributed by atoms with Crippen LogP contribution in [-0.4, -0.2) is 62.6 Å². The van der Waals surface area contributed by atoms with Gasteiger partial charge in [0.1, 0.15) is 0 Å². The molecule has 0 spiro atoms. The molecule has 2 saturated heterocycles. The van der Waals surface area contributed by atoms with Crippen LogP contribution in [-0.2, 0) is 4.74 Å². The van der Waals surface area contributed by atoms with Crippen LogP contribution in [0.4, 0.5) is 0 Å². The average molecular weight is 270 g/mol. The quantitative estimate of drug-likeness (QED) is 0.758. The third-order valence-electron chi connectivity index (χ3n) is 4.83. The maximum atomic E-state index is 9.22. The fourth-order valence-electron chi connectivity index (χ4n) is 3.39. The van der Waals surface area contributed by atoms with E-state index in [9.17, 15) is 5.11 Å². The molecule has 2 aliphatic heterocycles. The number of ether oxygens (including phenoxy) is 1. The van der Waals surface area contributed by atoms with E-state index in [2.05, 4.69) is 17.1 Å². The summed E-state index contributed by atoms with van der Waals surface area (Å²) in [4.78, 5) is 2.61. The first-order valence-electron chi connectivity index (χ1n) is 7.90. The van der Waals surface area contributed by atoms with Crippen molar-refractivity contribution in [3.05, 3.63) is 0 Å². The van der Waals surface area contributed by atoms with Crippen molar-refractivity contribution in [2.24, 2.45) is 11.3 Å². The minimum atomic E-state index is 0.365. The van der Waals surface area contributed by atoms with Crippen molar-refractivity contribution in [3.63, 3.8) is 0 Å². The van der Waals surface area contributed by atoms with Gasteiger partial charge in [-0.05, 0) is 56.7 Å². The Morgan fingerprint density at radius 2 is 1.95 bits per heavy atom. The molecule has 0 saturated carbocycles. The van der Waals surface area contributed by atoms with Crippen LogP contribution in [0.3, 0.4) is 0 Å². The Balaban J connectivity index is 1.85. The van der Waals surface area contributed by atoms with E-state index in [1.165, 1.54) is 19.4 Å². The third-order valence-corrected chi connectivity index (χ3v) is 4.83. The van der Waals surface area contributed by atoms with E-state index in [1.807, 2.05) is 0 Å². The number of rotatable bonds is 6. The average Bonchev–Trinajstić information content (AvgIpc) is 2.47. The molecule has 0 atom stereocenters. The SMILES string of the molecule is CCNCC1(CN2CCC(CO)CC2)CCOCC1. The van der Waals surface area contributed by atoms with Gasteiger partial charge in [0.05, 0.1) is 0 Å². The lowest BCUT2D eigenvalue weighted by Gasteiger charge is -2.43. The zero-order valence-electron chi connectivity index (χ0n) is 12.4. The first-order valence-corrected chi connectivity index (χ1v) is 7.90. The highest BCUT2D eigenvalue weighted by molar-refractivity contribution is 4.88. The fourth-order valence-corrected chi connectivity index (χ4v) is 3.39. The normalized spacial score (nSPS) is 25.6. The second-order valence-electron chi connectivity index (χ2n) is 6.29. The van der Waals surface area contributed by atoms with Crippen LogP contribution in [0.5, 0.6) is 0 Å². The van der Waals surface area contributed by atoms with Gasteiger partial charge in [-0.1, -0.05) is 6.92 Å². The summed E-state index contributed by atoms with van der Waals surface area (Å²) in [5.74, 6) is 0.538. The number of hydrogen-bond acceptors (Lipinski definition) is 4. The molecule has 0 aromatic rings. The highest BCUT2D eigenvalue weighted by Crippen LogP contribution is 2.32. The summed E-state index contributed by atoms with van der Waals surface area (Å²) in [6.45, 7) is 10.0. The lowest BCUT2D eigenvalue weighted by molar-refractivity contribution is -0.0110. The van der Waals surface area contributed by atoms with E-state index in [0.717, 1.165) is 52.2 Å². The van der Waals surface area contributed by atoms with Crippen LogP contribution in [0, 0.1) is 11.3 Å². The fraction of sp³-hybridized carbons (Fsp3) is 1.00. The second-order valence-corrected chi connectivity index (χ2v) is 6.29. The predicted octanol–water partition coefficient (Wildman–Crippen LogP) is 1.10. The first kappa shape index (κ1) is 15.2.